The largest absolute Gasteiger partial charge is 0.410 e. The topological polar surface area (TPSA) is 115 Å². The van der Waals surface area contributed by atoms with Crippen molar-refractivity contribution >= 4 is 28.8 Å². The van der Waals surface area contributed by atoms with Gasteiger partial charge in [-0.05, 0) is 63.9 Å². The van der Waals surface area contributed by atoms with Gasteiger partial charge in [-0.3, -0.25) is 14.3 Å². The summed E-state index contributed by atoms with van der Waals surface area (Å²) in [5, 5.41) is 8.19. The Morgan fingerprint density at radius 3 is 2.52 bits per heavy atom. The molecule has 1 atom stereocenters. The van der Waals surface area contributed by atoms with Crippen molar-refractivity contribution in [1.82, 2.24) is 29.3 Å². The molecule has 2 amide bonds. The zero-order valence-corrected chi connectivity index (χ0v) is 23.1. The zero-order chi connectivity index (χ0) is 30.1. The predicted molar refractivity (Wildman–Crippen MR) is 146 cm³/mol. The number of piperazine rings is 1. The van der Waals surface area contributed by atoms with Crippen LogP contribution in [0.3, 0.4) is 0 Å². The van der Waals surface area contributed by atoms with Crippen LogP contribution in [0, 0.1) is 11.7 Å². The summed E-state index contributed by atoms with van der Waals surface area (Å²) in [6.45, 7) is 4.66. The van der Waals surface area contributed by atoms with E-state index in [1.54, 1.807) is 24.8 Å². The molecule has 1 aromatic carbocycles. The van der Waals surface area contributed by atoms with Gasteiger partial charge in [0.15, 0.2) is 5.82 Å². The fraction of sp³-hybridized carbons (Fsp3) is 0.393. The van der Waals surface area contributed by atoms with Gasteiger partial charge >= 0.3 is 6.18 Å². The Morgan fingerprint density at radius 1 is 1.10 bits per heavy atom. The van der Waals surface area contributed by atoms with E-state index in [1.807, 2.05) is 0 Å². The molecule has 0 bridgehead atoms. The smallest absolute Gasteiger partial charge is 0.382 e. The number of rotatable bonds is 5. The van der Waals surface area contributed by atoms with Gasteiger partial charge in [0.1, 0.15) is 29.2 Å². The zero-order valence-electron chi connectivity index (χ0n) is 23.1. The molecule has 6 rings (SSSR count). The van der Waals surface area contributed by atoms with Crippen LogP contribution in [0.4, 0.5) is 29.1 Å². The second-order valence-electron chi connectivity index (χ2n) is 11.2. The van der Waals surface area contributed by atoms with Crippen molar-refractivity contribution in [3.63, 3.8) is 0 Å². The highest BCUT2D eigenvalue weighted by molar-refractivity contribution is 6.04. The number of benzene rings is 1. The van der Waals surface area contributed by atoms with Crippen LogP contribution >= 0.6 is 0 Å². The lowest BCUT2D eigenvalue weighted by Gasteiger charge is -2.46. The van der Waals surface area contributed by atoms with Crippen LogP contribution in [0.5, 0.6) is 0 Å². The number of alkyl halides is 3. The monoisotopic (exact) mass is 584 g/mol. The molecule has 1 saturated carbocycles. The maximum Gasteiger partial charge on any atom is 0.410 e. The van der Waals surface area contributed by atoms with Gasteiger partial charge in [-0.15, -0.1) is 0 Å². The number of carbonyl (C=O) groups is 2. The van der Waals surface area contributed by atoms with Crippen LogP contribution in [-0.2, 0) is 9.59 Å². The van der Waals surface area contributed by atoms with Gasteiger partial charge < -0.3 is 15.5 Å². The SMILES string of the molecule is CC(n1nccc1-c1cc(-c2ccc(F)c(N3CCN(C(=O)C4CC4)C(C)(C)C3=O)c2)n2ncnc(N)c12)C(F)(F)F. The van der Waals surface area contributed by atoms with Crippen molar-refractivity contribution in [2.24, 2.45) is 5.92 Å². The minimum absolute atomic E-state index is 0.0124. The molecule has 2 fully saturated rings. The molecule has 2 aliphatic rings. The summed E-state index contributed by atoms with van der Waals surface area (Å²) in [5.74, 6) is -1.17. The van der Waals surface area contributed by atoms with Crippen LogP contribution in [0.15, 0.2) is 42.9 Å². The van der Waals surface area contributed by atoms with Crippen molar-refractivity contribution in [3.8, 4) is 22.5 Å². The molecule has 220 valence electrons. The molecule has 3 aromatic heterocycles. The van der Waals surface area contributed by atoms with Crippen molar-refractivity contribution in [2.75, 3.05) is 23.7 Å². The summed E-state index contributed by atoms with van der Waals surface area (Å²) in [4.78, 5) is 33.4. The maximum absolute atomic E-state index is 15.3. The molecule has 10 nitrogen and oxygen atoms in total. The predicted octanol–water partition coefficient (Wildman–Crippen LogP) is 4.47. The maximum atomic E-state index is 15.3. The number of halogens is 4. The van der Waals surface area contributed by atoms with E-state index in [4.69, 9.17) is 5.73 Å². The van der Waals surface area contributed by atoms with Gasteiger partial charge in [0.2, 0.25) is 5.91 Å². The van der Waals surface area contributed by atoms with Crippen LogP contribution in [0.25, 0.3) is 28.0 Å². The van der Waals surface area contributed by atoms with Crippen molar-refractivity contribution in [3.05, 3.63) is 48.7 Å². The Labute approximate surface area is 237 Å². The Balaban J connectivity index is 1.43. The van der Waals surface area contributed by atoms with E-state index in [9.17, 15) is 22.8 Å². The quantitative estimate of drug-likeness (QED) is 0.347. The number of amides is 2. The van der Waals surface area contributed by atoms with Gasteiger partial charge in [0.25, 0.3) is 5.91 Å². The molecule has 14 heteroatoms. The molecule has 4 aromatic rings. The molecular formula is C28H28F4N8O2. The van der Waals surface area contributed by atoms with E-state index in [0.717, 1.165) is 24.4 Å². The van der Waals surface area contributed by atoms with Crippen molar-refractivity contribution in [2.45, 2.75) is 51.4 Å². The molecule has 1 saturated heterocycles. The first-order valence-electron chi connectivity index (χ1n) is 13.5. The molecule has 2 N–H and O–H groups in total. The highest BCUT2D eigenvalue weighted by Gasteiger charge is 2.48. The number of hydrogen-bond donors (Lipinski definition) is 1. The third-order valence-electron chi connectivity index (χ3n) is 8.09. The number of nitrogens with two attached hydrogens (primary N) is 1. The van der Waals surface area contributed by atoms with Crippen LogP contribution in [-0.4, -0.2) is 65.9 Å². The highest BCUT2D eigenvalue weighted by Crippen LogP contribution is 2.40. The van der Waals surface area contributed by atoms with E-state index in [0.29, 0.717) is 16.8 Å². The van der Waals surface area contributed by atoms with E-state index in [1.165, 1.54) is 46.2 Å². The van der Waals surface area contributed by atoms with Crippen LogP contribution < -0.4 is 10.6 Å². The van der Waals surface area contributed by atoms with Gasteiger partial charge in [-0.2, -0.15) is 23.4 Å². The second kappa shape index (κ2) is 9.53. The lowest BCUT2D eigenvalue weighted by atomic mass is 9.95. The third-order valence-corrected chi connectivity index (χ3v) is 8.09. The van der Waals surface area contributed by atoms with Crippen LogP contribution in [0.2, 0.25) is 0 Å². The Hall–Kier alpha value is -4.49. The molecular weight excluding hydrogens is 556 g/mol. The number of aromatic nitrogens is 5. The minimum Gasteiger partial charge on any atom is -0.382 e. The number of nitrogen functional groups attached to an aromatic ring is 1. The van der Waals surface area contributed by atoms with Gasteiger partial charge in [-0.1, -0.05) is 0 Å². The number of fused-ring (bicyclic) bond motifs is 1. The molecule has 0 spiro atoms. The molecule has 42 heavy (non-hydrogen) atoms. The Kier molecular flexibility index (Phi) is 6.28. The molecule has 1 aliphatic carbocycles. The minimum atomic E-state index is -4.55. The Morgan fingerprint density at radius 2 is 1.83 bits per heavy atom. The lowest BCUT2D eigenvalue weighted by molar-refractivity contribution is -0.165. The first kappa shape index (κ1) is 27.7. The van der Waals surface area contributed by atoms with Crippen molar-refractivity contribution in [1.29, 1.82) is 0 Å². The molecule has 1 unspecified atom stereocenters. The standard InChI is InChI=1S/C28H28F4N8O2/c1-15(28(30,31)32)39-20(8-9-35-39)18-13-21(40-23(18)24(33)34-14-36-40)17-6-7-19(29)22(12-17)37-10-11-38(25(41)16-4-5-16)27(2,3)26(37)42/h6-9,12-16H,4-5,10-11H2,1-3H3,(H2,33,34,36). The summed E-state index contributed by atoms with van der Waals surface area (Å²) in [6.07, 6.45) is -0.482. The number of hydrogen-bond acceptors (Lipinski definition) is 6. The van der Waals surface area contributed by atoms with E-state index in [2.05, 4.69) is 15.2 Å². The van der Waals surface area contributed by atoms with E-state index < -0.39 is 29.5 Å². The summed E-state index contributed by atoms with van der Waals surface area (Å²) in [5.41, 5.74) is 6.52. The fourth-order valence-corrected chi connectivity index (χ4v) is 5.52. The second-order valence-corrected chi connectivity index (χ2v) is 11.2. The van der Waals surface area contributed by atoms with Gasteiger partial charge in [0.05, 0.1) is 17.1 Å². The van der Waals surface area contributed by atoms with Gasteiger partial charge in [-0.25, -0.2) is 13.9 Å². The lowest BCUT2D eigenvalue weighted by Crippen LogP contribution is -2.65. The van der Waals surface area contributed by atoms with Crippen molar-refractivity contribution < 1.29 is 27.2 Å². The number of anilines is 2. The summed E-state index contributed by atoms with van der Waals surface area (Å²) >= 11 is 0. The normalized spacial score (nSPS) is 18.1. The summed E-state index contributed by atoms with van der Waals surface area (Å²) in [7, 11) is 0. The van der Waals surface area contributed by atoms with Crippen LogP contribution in [0.1, 0.15) is 39.7 Å². The number of carbonyl (C=O) groups excluding carboxylic acids is 2. The fourth-order valence-electron chi connectivity index (χ4n) is 5.52. The van der Waals surface area contributed by atoms with E-state index >= 15 is 4.39 Å². The first-order valence-corrected chi connectivity index (χ1v) is 13.5. The average molecular weight is 585 g/mol. The van der Waals surface area contributed by atoms with Gasteiger partial charge in [0, 0.05) is 36.3 Å². The average Bonchev–Trinajstić information content (AvgIpc) is 3.54. The highest BCUT2D eigenvalue weighted by atomic mass is 19.4. The molecule has 4 heterocycles. The first-order chi connectivity index (χ1) is 19.8. The summed E-state index contributed by atoms with van der Waals surface area (Å²) in [6, 6.07) is 5.29. The number of nitrogens with zero attached hydrogens (tertiary/aromatic N) is 7. The molecule has 0 radical (unpaired) electrons. The molecule has 1 aliphatic heterocycles. The Bertz CT molecular complexity index is 1720. The third kappa shape index (κ3) is 4.36. The summed E-state index contributed by atoms with van der Waals surface area (Å²) < 4.78 is 58.4. The van der Waals surface area contributed by atoms with E-state index in [-0.39, 0.29) is 47.6 Å².